The first-order valence-corrected chi connectivity index (χ1v) is 6.64. The van der Waals surface area contributed by atoms with Gasteiger partial charge in [0.05, 0.1) is 17.6 Å². The predicted molar refractivity (Wildman–Crippen MR) is 73.6 cm³/mol. The zero-order valence-corrected chi connectivity index (χ0v) is 12.7. The summed E-state index contributed by atoms with van der Waals surface area (Å²) >= 11 is 6.68. The number of hydrogen-bond acceptors (Lipinski definition) is 2. The van der Waals surface area contributed by atoms with E-state index in [1.54, 1.807) is 24.9 Å². The fraction of sp³-hybridized carbons (Fsp3) is 0.333. The normalized spacial score (nSPS) is 11.7. The molecule has 90 valence electrons. The number of nitrogens with zero attached hydrogens (tertiary/aromatic N) is 2. The van der Waals surface area contributed by atoms with Crippen LogP contribution in [0.3, 0.4) is 0 Å². The van der Waals surface area contributed by atoms with Gasteiger partial charge in [0, 0.05) is 22.5 Å². The standard InChI is InChI=1S/C12H12Br2N2O/c1-8(6-15)7-16(2)12(17)10-5-9(13)3-4-11(10)14/h3-5,8H,7H2,1-2H3. The van der Waals surface area contributed by atoms with Crippen LogP contribution in [0.2, 0.25) is 0 Å². The molecular weight excluding hydrogens is 348 g/mol. The highest BCUT2D eigenvalue weighted by atomic mass is 79.9. The number of rotatable bonds is 3. The van der Waals surface area contributed by atoms with Crippen LogP contribution in [0.15, 0.2) is 27.1 Å². The number of carbonyl (C=O) groups excluding carboxylic acids is 1. The van der Waals surface area contributed by atoms with Crippen LogP contribution in [-0.4, -0.2) is 24.4 Å². The summed E-state index contributed by atoms with van der Waals surface area (Å²) in [4.78, 5) is 13.7. The lowest BCUT2D eigenvalue weighted by molar-refractivity contribution is 0.0784. The van der Waals surface area contributed by atoms with E-state index in [1.165, 1.54) is 0 Å². The molecule has 1 aromatic rings. The molecule has 0 N–H and O–H groups in total. The Morgan fingerprint density at radius 1 is 1.53 bits per heavy atom. The van der Waals surface area contributed by atoms with Crippen LogP contribution in [0, 0.1) is 17.2 Å². The van der Waals surface area contributed by atoms with E-state index in [0.29, 0.717) is 12.1 Å². The van der Waals surface area contributed by atoms with Gasteiger partial charge in [0.25, 0.3) is 5.91 Å². The third kappa shape index (κ3) is 3.83. The zero-order chi connectivity index (χ0) is 13.0. The number of amides is 1. The fourth-order valence-corrected chi connectivity index (χ4v) is 2.18. The minimum Gasteiger partial charge on any atom is -0.340 e. The molecule has 17 heavy (non-hydrogen) atoms. The van der Waals surface area contributed by atoms with Crippen LogP contribution in [-0.2, 0) is 0 Å². The van der Waals surface area contributed by atoms with Gasteiger partial charge in [0.2, 0.25) is 0 Å². The van der Waals surface area contributed by atoms with E-state index in [2.05, 4.69) is 37.9 Å². The number of halogens is 2. The molecule has 1 atom stereocenters. The van der Waals surface area contributed by atoms with E-state index in [-0.39, 0.29) is 11.8 Å². The van der Waals surface area contributed by atoms with Crippen molar-refractivity contribution in [2.75, 3.05) is 13.6 Å². The van der Waals surface area contributed by atoms with Crippen LogP contribution >= 0.6 is 31.9 Å². The first-order chi connectivity index (χ1) is 7.95. The minimum atomic E-state index is -0.171. The van der Waals surface area contributed by atoms with Crippen LogP contribution in [0.4, 0.5) is 0 Å². The number of nitriles is 1. The van der Waals surface area contributed by atoms with Gasteiger partial charge in [0.1, 0.15) is 0 Å². The van der Waals surface area contributed by atoms with Gasteiger partial charge in [0.15, 0.2) is 0 Å². The van der Waals surface area contributed by atoms with Gasteiger partial charge in [-0.25, -0.2) is 0 Å². The van der Waals surface area contributed by atoms with Crippen molar-refractivity contribution >= 4 is 37.8 Å². The molecule has 0 saturated heterocycles. The molecule has 3 nitrogen and oxygen atoms in total. The topological polar surface area (TPSA) is 44.1 Å². The van der Waals surface area contributed by atoms with Crippen LogP contribution in [0.25, 0.3) is 0 Å². The van der Waals surface area contributed by atoms with Crippen molar-refractivity contribution in [1.82, 2.24) is 4.90 Å². The number of hydrogen-bond donors (Lipinski definition) is 0. The molecule has 0 radical (unpaired) electrons. The number of benzene rings is 1. The van der Waals surface area contributed by atoms with Crippen molar-refractivity contribution in [1.29, 1.82) is 5.26 Å². The molecule has 0 aliphatic heterocycles. The Labute approximate surface area is 118 Å². The maximum absolute atomic E-state index is 12.1. The van der Waals surface area contributed by atoms with E-state index in [1.807, 2.05) is 12.1 Å². The van der Waals surface area contributed by atoms with Gasteiger partial charge in [-0.05, 0) is 41.1 Å². The summed E-state index contributed by atoms with van der Waals surface area (Å²) in [6.07, 6.45) is 0. The molecule has 5 heteroatoms. The van der Waals surface area contributed by atoms with Crippen LogP contribution in [0.5, 0.6) is 0 Å². The molecule has 1 amide bonds. The summed E-state index contributed by atoms with van der Waals surface area (Å²) in [6, 6.07) is 7.56. The van der Waals surface area contributed by atoms with Gasteiger partial charge < -0.3 is 4.90 Å². The molecule has 0 aromatic heterocycles. The lowest BCUT2D eigenvalue weighted by Gasteiger charge is -2.19. The van der Waals surface area contributed by atoms with Crippen molar-refractivity contribution in [2.24, 2.45) is 5.92 Å². The smallest absolute Gasteiger partial charge is 0.254 e. The molecule has 0 aliphatic carbocycles. The Kier molecular flexibility index (Phi) is 5.16. The highest BCUT2D eigenvalue weighted by molar-refractivity contribution is 9.11. The average molecular weight is 360 g/mol. The first-order valence-electron chi connectivity index (χ1n) is 5.06. The fourth-order valence-electron chi connectivity index (χ4n) is 1.40. The van der Waals surface area contributed by atoms with Crippen molar-refractivity contribution in [3.8, 4) is 6.07 Å². The molecule has 0 fully saturated rings. The molecule has 0 saturated carbocycles. The minimum absolute atomic E-state index is 0.0970. The molecule has 0 heterocycles. The summed E-state index contributed by atoms with van der Waals surface area (Å²) in [6.45, 7) is 2.22. The Morgan fingerprint density at radius 3 is 2.76 bits per heavy atom. The lowest BCUT2D eigenvalue weighted by Crippen LogP contribution is -2.30. The maximum atomic E-state index is 12.1. The Hall–Kier alpha value is -0.860. The predicted octanol–water partition coefficient (Wildman–Crippen LogP) is 3.44. The van der Waals surface area contributed by atoms with E-state index < -0.39 is 0 Å². The summed E-state index contributed by atoms with van der Waals surface area (Å²) in [7, 11) is 1.70. The molecule has 0 bridgehead atoms. The van der Waals surface area contributed by atoms with Crippen molar-refractivity contribution in [2.45, 2.75) is 6.92 Å². The maximum Gasteiger partial charge on any atom is 0.254 e. The van der Waals surface area contributed by atoms with E-state index in [9.17, 15) is 4.79 Å². The molecule has 0 spiro atoms. The van der Waals surface area contributed by atoms with Crippen molar-refractivity contribution in [3.05, 3.63) is 32.7 Å². The SMILES string of the molecule is CC(C#N)CN(C)C(=O)c1cc(Br)ccc1Br. The van der Waals surface area contributed by atoms with Gasteiger partial charge in [-0.3, -0.25) is 4.79 Å². The van der Waals surface area contributed by atoms with Crippen LogP contribution in [0.1, 0.15) is 17.3 Å². The third-order valence-electron chi connectivity index (χ3n) is 2.27. The summed E-state index contributed by atoms with van der Waals surface area (Å²) in [5.41, 5.74) is 0.590. The highest BCUT2D eigenvalue weighted by Gasteiger charge is 2.16. The van der Waals surface area contributed by atoms with Gasteiger partial charge >= 0.3 is 0 Å². The zero-order valence-electron chi connectivity index (χ0n) is 9.58. The molecule has 0 aliphatic rings. The Bertz CT molecular complexity index is 468. The summed E-state index contributed by atoms with van der Waals surface area (Å²) in [5, 5.41) is 8.73. The van der Waals surface area contributed by atoms with E-state index >= 15 is 0 Å². The van der Waals surface area contributed by atoms with Gasteiger partial charge in [-0.2, -0.15) is 5.26 Å². The molecule has 1 rings (SSSR count). The third-order valence-corrected chi connectivity index (χ3v) is 3.46. The lowest BCUT2D eigenvalue weighted by atomic mass is 10.1. The second-order valence-electron chi connectivity index (χ2n) is 3.84. The Balaban J connectivity index is 2.89. The second-order valence-corrected chi connectivity index (χ2v) is 5.61. The molecular formula is C12H12Br2N2O. The van der Waals surface area contributed by atoms with E-state index in [4.69, 9.17) is 5.26 Å². The van der Waals surface area contributed by atoms with Crippen LogP contribution < -0.4 is 0 Å². The van der Waals surface area contributed by atoms with Crippen molar-refractivity contribution in [3.63, 3.8) is 0 Å². The van der Waals surface area contributed by atoms with E-state index in [0.717, 1.165) is 8.95 Å². The highest BCUT2D eigenvalue weighted by Crippen LogP contribution is 2.22. The van der Waals surface area contributed by atoms with Gasteiger partial charge in [-0.15, -0.1) is 0 Å². The summed E-state index contributed by atoms with van der Waals surface area (Å²) in [5.74, 6) is -0.268. The monoisotopic (exact) mass is 358 g/mol. The quantitative estimate of drug-likeness (QED) is 0.829. The summed E-state index contributed by atoms with van der Waals surface area (Å²) < 4.78 is 1.60. The number of carbonyl (C=O) groups is 1. The van der Waals surface area contributed by atoms with Crippen molar-refractivity contribution < 1.29 is 4.79 Å². The van der Waals surface area contributed by atoms with Gasteiger partial charge in [-0.1, -0.05) is 15.9 Å². The molecule has 1 unspecified atom stereocenters. The Morgan fingerprint density at radius 2 is 2.18 bits per heavy atom. The second kappa shape index (κ2) is 6.18. The average Bonchev–Trinajstić information content (AvgIpc) is 2.31. The molecule has 1 aromatic carbocycles. The first kappa shape index (κ1) is 14.2. The largest absolute Gasteiger partial charge is 0.340 e.